The minimum atomic E-state index is -0.110. The number of unbranched alkanes of at least 4 members (excludes halogenated alkanes) is 9. The maximum absolute atomic E-state index is 13.1. The molecule has 0 aliphatic carbocycles. The second-order valence-corrected chi connectivity index (χ2v) is 13.2. The van der Waals surface area contributed by atoms with E-state index in [9.17, 15) is 9.59 Å². The molecule has 0 aromatic heterocycles. The van der Waals surface area contributed by atoms with Crippen molar-refractivity contribution >= 4 is 35.6 Å². The van der Waals surface area contributed by atoms with Gasteiger partial charge in [0.05, 0.1) is 61.0 Å². The van der Waals surface area contributed by atoms with Crippen molar-refractivity contribution in [2.45, 2.75) is 101 Å². The highest BCUT2D eigenvalue weighted by molar-refractivity contribution is 6.04. The lowest BCUT2D eigenvalue weighted by atomic mass is 10.1. The number of amides is 2. The van der Waals surface area contributed by atoms with E-state index >= 15 is 0 Å². The first-order chi connectivity index (χ1) is 23.6. The number of benzene rings is 2. The Hall–Kier alpha value is -3.76. The van der Waals surface area contributed by atoms with Crippen LogP contribution in [0.5, 0.6) is 11.5 Å². The first kappa shape index (κ1) is 34.1. The minimum Gasteiger partial charge on any atom is -0.497 e. The molecule has 2 aromatic carbocycles. The summed E-state index contributed by atoms with van der Waals surface area (Å²) in [6.07, 6.45) is 17.5. The van der Waals surface area contributed by atoms with E-state index in [0.717, 1.165) is 38.9 Å². The van der Waals surface area contributed by atoms with E-state index in [2.05, 4.69) is 9.98 Å². The van der Waals surface area contributed by atoms with Crippen molar-refractivity contribution in [2.24, 2.45) is 9.98 Å². The van der Waals surface area contributed by atoms with Crippen LogP contribution in [0.15, 0.2) is 46.4 Å². The number of carbonyl (C=O) groups excluding carboxylic acids is 2. The predicted molar refractivity (Wildman–Crippen MR) is 187 cm³/mol. The summed E-state index contributed by atoms with van der Waals surface area (Å²) in [7, 11) is 3.24. The van der Waals surface area contributed by atoms with E-state index in [-0.39, 0.29) is 36.1 Å². The quantitative estimate of drug-likeness (QED) is 0.171. The SMILES string of the molecule is COc1ccc2c(c1)N=C[C@@H]1C(OCCCCCCCCCCCCOC3CCN4C(=O)c5ccc(OC)cc5N=C[C@H]34)CCN1C2=O. The molecular formula is C38H50N4O6. The summed E-state index contributed by atoms with van der Waals surface area (Å²) in [5.41, 5.74) is 2.58. The highest BCUT2D eigenvalue weighted by Crippen LogP contribution is 2.34. The maximum Gasteiger partial charge on any atom is 0.256 e. The molecule has 0 saturated carbocycles. The lowest BCUT2D eigenvalue weighted by Crippen LogP contribution is -2.40. The van der Waals surface area contributed by atoms with Crippen LogP contribution < -0.4 is 9.47 Å². The highest BCUT2D eigenvalue weighted by atomic mass is 16.5. The average molecular weight is 659 g/mol. The lowest BCUT2D eigenvalue weighted by molar-refractivity contribution is 0.0403. The van der Waals surface area contributed by atoms with E-state index in [0.29, 0.717) is 47.1 Å². The summed E-state index contributed by atoms with van der Waals surface area (Å²) >= 11 is 0. The van der Waals surface area contributed by atoms with Crippen molar-refractivity contribution in [3.05, 3.63) is 47.5 Å². The number of aliphatic imine (C=N–C) groups is 2. The van der Waals surface area contributed by atoms with Gasteiger partial charge in [-0.25, -0.2) is 0 Å². The van der Waals surface area contributed by atoms with Gasteiger partial charge in [0.1, 0.15) is 11.5 Å². The summed E-state index contributed by atoms with van der Waals surface area (Å²) in [4.78, 5) is 39.3. The maximum atomic E-state index is 13.1. The molecule has 2 amide bonds. The van der Waals surface area contributed by atoms with Crippen LogP contribution in [-0.4, -0.2) is 98.9 Å². The number of carbonyl (C=O) groups is 2. The molecule has 0 spiro atoms. The van der Waals surface area contributed by atoms with Gasteiger partial charge < -0.3 is 28.7 Å². The Balaban J connectivity index is 0.780. The fourth-order valence-corrected chi connectivity index (χ4v) is 7.33. The molecule has 2 unspecified atom stereocenters. The molecule has 2 fully saturated rings. The van der Waals surface area contributed by atoms with Gasteiger partial charge in [-0.05, 0) is 49.9 Å². The van der Waals surface area contributed by atoms with Gasteiger partial charge in [0.15, 0.2) is 0 Å². The summed E-state index contributed by atoms with van der Waals surface area (Å²) in [5, 5.41) is 0. The molecule has 258 valence electrons. The Bertz CT molecular complexity index is 1370. The van der Waals surface area contributed by atoms with E-state index in [1.165, 1.54) is 51.4 Å². The third-order valence-corrected chi connectivity index (χ3v) is 10.1. The number of ether oxygens (including phenoxy) is 4. The fraction of sp³-hybridized carbons (Fsp3) is 0.579. The van der Waals surface area contributed by atoms with Gasteiger partial charge >= 0.3 is 0 Å². The molecule has 0 N–H and O–H groups in total. The zero-order chi connectivity index (χ0) is 33.3. The van der Waals surface area contributed by atoms with Gasteiger partial charge in [-0.15, -0.1) is 0 Å². The molecule has 10 nitrogen and oxygen atoms in total. The van der Waals surface area contributed by atoms with Crippen LogP contribution in [-0.2, 0) is 9.47 Å². The largest absolute Gasteiger partial charge is 0.497 e. The standard InChI is InChI=1S/C38H50N4O6/c1-45-27-13-15-29-31(23-27)39-25-33-35(17-19-41(33)37(29)43)47-21-11-9-7-5-3-4-6-8-10-12-22-48-36-18-20-42-34(36)26-40-32-24-28(46-2)14-16-30(32)38(42)44/h13-16,23-26,33-36H,3-12,17-22H2,1-2H3/t33-,34-,35?,36?/m1/s1. The zero-order valence-corrected chi connectivity index (χ0v) is 28.5. The Morgan fingerprint density at radius 3 is 1.40 bits per heavy atom. The van der Waals surface area contributed by atoms with Gasteiger partial charge in [0.25, 0.3) is 11.8 Å². The lowest BCUT2D eigenvalue weighted by Gasteiger charge is -2.23. The van der Waals surface area contributed by atoms with Crippen LogP contribution in [0.4, 0.5) is 11.4 Å². The summed E-state index contributed by atoms with van der Waals surface area (Å²) < 4.78 is 23.1. The molecule has 0 bridgehead atoms. The molecule has 4 aliphatic rings. The Morgan fingerprint density at radius 2 is 1.00 bits per heavy atom. The molecule has 6 rings (SSSR count). The van der Waals surface area contributed by atoms with E-state index in [4.69, 9.17) is 18.9 Å². The predicted octanol–water partition coefficient (Wildman–Crippen LogP) is 6.94. The van der Waals surface area contributed by atoms with Crippen molar-refractivity contribution in [3.63, 3.8) is 0 Å². The van der Waals surface area contributed by atoms with Crippen LogP contribution in [0.1, 0.15) is 97.8 Å². The van der Waals surface area contributed by atoms with E-state index in [1.54, 1.807) is 26.4 Å². The van der Waals surface area contributed by atoms with Gasteiger partial charge in [-0.3, -0.25) is 19.6 Å². The smallest absolute Gasteiger partial charge is 0.256 e. The van der Waals surface area contributed by atoms with Gasteiger partial charge in [-0.2, -0.15) is 0 Å². The molecule has 2 aromatic rings. The summed E-state index contributed by atoms with van der Waals surface area (Å²) in [6.45, 7) is 2.85. The third kappa shape index (κ3) is 7.92. The van der Waals surface area contributed by atoms with Gasteiger partial charge in [0, 0.05) is 50.9 Å². The van der Waals surface area contributed by atoms with Crippen molar-refractivity contribution in [1.29, 1.82) is 0 Å². The van der Waals surface area contributed by atoms with Crippen molar-refractivity contribution in [3.8, 4) is 11.5 Å². The van der Waals surface area contributed by atoms with Crippen LogP contribution in [0.2, 0.25) is 0 Å². The normalized spacial score (nSPS) is 22.6. The summed E-state index contributed by atoms with van der Waals surface area (Å²) in [5.74, 6) is 1.44. The number of rotatable bonds is 17. The number of methoxy groups -OCH3 is 2. The van der Waals surface area contributed by atoms with Crippen LogP contribution >= 0.6 is 0 Å². The Morgan fingerprint density at radius 1 is 0.604 bits per heavy atom. The highest BCUT2D eigenvalue weighted by Gasteiger charge is 2.40. The molecular weight excluding hydrogens is 608 g/mol. The fourth-order valence-electron chi connectivity index (χ4n) is 7.33. The van der Waals surface area contributed by atoms with Crippen molar-refractivity contribution in [1.82, 2.24) is 9.80 Å². The first-order valence-electron chi connectivity index (χ1n) is 17.9. The second kappa shape index (κ2) is 16.6. The van der Waals surface area contributed by atoms with Crippen molar-refractivity contribution in [2.75, 3.05) is 40.5 Å². The Kier molecular flexibility index (Phi) is 11.8. The second-order valence-electron chi connectivity index (χ2n) is 13.2. The first-order valence-corrected chi connectivity index (χ1v) is 17.9. The molecule has 0 radical (unpaired) electrons. The number of hydrogen-bond donors (Lipinski definition) is 0. The van der Waals surface area contributed by atoms with Gasteiger partial charge in [0.2, 0.25) is 0 Å². The topological polar surface area (TPSA) is 102 Å². The number of hydrogen-bond acceptors (Lipinski definition) is 8. The van der Waals surface area contributed by atoms with E-state index in [1.807, 2.05) is 46.5 Å². The van der Waals surface area contributed by atoms with Crippen molar-refractivity contribution < 1.29 is 28.5 Å². The van der Waals surface area contributed by atoms with Gasteiger partial charge in [-0.1, -0.05) is 51.4 Å². The molecule has 4 aliphatic heterocycles. The molecule has 4 heterocycles. The third-order valence-electron chi connectivity index (χ3n) is 10.1. The van der Waals surface area contributed by atoms with Crippen LogP contribution in [0.3, 0.4) is 0 Å². The monoisotopic (exact) mass is 658 g/mol. The van der Waals surface area contributed by atoms with Crippen LogP contribution in [0.25, 0.3) is 0 Å². The molecule has 10 heteroatoms. The Labute approximate surface area is 284 Å². The molecule has 2 saturated heterocycles. The van der Waals surface area contributed by atoms with E-state index < -0.39 is 0 Å². The average Bonchev–Trinajstić information content (AvgIpc) is 3.64. The summed E-state index contributed by atoms with van der Waals surface area (Å²) in [6, 6.07) is 10.7. The molecule has 48 heavy (non-hydrogen) atoms. The zero-order valence-electron chi connectivity index (χ0n) is 28.5. The number of fused-ring (bicyclic) bond motifs is 4. The minimum absolute atomic E-state index is 0.00459. The van der Waals surface area contributed by atoms with Crippen LogP contribution in [0, 0.1) is 0 Å². The number of nitrogens with zero attached hydrogens (tertiary/aromatic N) is 4. The molecule has 4 atom stereocenters.